The van der Waals surface area contributed by atoms with E-state index in [0.29, 0.717) is 31.7 Å². The van der Waals surface area contributed by atoms with Gasteiger partial charge >= 0.3 is 0 Å². The minimum Gasteiger partial charge on any atom is -0.382 e. The number of aliphatic hydroxyl groups excluding tert-OH is 1. The maximum absolute atomic E-state index is 12.5. The summed E-state index contributed by atoms with van der Waals surface area (Å²) >= 11 is 1.61. The zero-order valence-electron chi connectivity index (χ0n) is 13.7. The highest BCUT2D eigenvalue weighted by molar-refractivity contribution is 7.10. The highest BCUT2D eigenvalue weighted by atomic mass is 32.1. The molecule has 1 unspecified atom stereocenters. The Balaban J connectivity index is 1.48. The van der Waals surface area contributed by atoms with Gasteiger partial charge in [0.15, 0.2) is 0 Å². The first kappa shape index (κ1) is 16.1. The Hall–Kier alpha value is -2.44. The molecule has 1 atom stereocenters. The maximum Gasteiger partial charge on any atom is 0.228 e. The fourth-order valence-electron chi connectivity index (χ4n) is 3.12. The summed E-state index contributed by atoms with van der Waals surface area (Å²) in [6.45, 7) is 1.85. The third-order valence-electron chi connectivity index (χ3n) is 4.47. The monoisotopic (exact) mass is 353 g/mol. The molecule has 1 aliphatic rings. The van der Waals surface area contributed by atoms with Crippen molar-refractivity contribution in [2.24, 2.45) is 0 Å². The number of hydrogen-bond acceptors (Lipinski definition) is 4. The van der Waals surface area contributed by atoms with Crippen LogP contribution in [0.25, 0.3) is 0 Å². The van der Waals surface area contributed by atoms with Crippen LogP contribution >= 0.6 is 11.3 Å². The minimum atomic E-state index is -0.741. The second-order valence-electron chi connectivity index (χ2n) is 6.17. The number of benzene rings is 1. The molecule has 0 saturated carbocycles. The van der Waals surface area contributed by atoms with Gasteiger partial charge in [0.25, 0.3) is 0 Å². The Morgan fingerprint density at radius 1 is 1.20 bits per heavy atom. The molecule has 1 amide bonds. The maximum atomic E-state index is 12.5. The predicted octanol–water partition coefficient (Wildman–Crippen LogP) is 2.61. The molecular weight excluding hydrogens is 334 g/mol. The Labute approximate surface area is 150 Å². The van der Waals surface area contributed by atoms with Crippen molar-refractivity contribution in [2.75, 3.05) is 6.54 Å². The first-order chi connectivity index (χ1) is 12.2. The lowest BCUT2D eigenvalue weighted by Gasteiger charge is -2.27. The fourth-order valence-corrected chi connectivity index (χ4v) is 3.81. The average Bonchev–Trinajstić information content (AvgIpc) is 3.30. The number of hydrogen-bond donors (Lipinski definition) is 1. The van der Waals surface area contributed by atoms with Crippen LogP contribution in [0, 0.1) is 0 Å². The molecular formula is C19H19N3O2S. The molecule has 0 saturated heterocycles. The van der Waals surface area contributed by atoms with Gasteiger partial charge < -0.3 is 10.0 Å². The lowest BCUT2D eigenvalue weighted by Crippen LogP contribution is -2.39. The molecule has 6 heteroatoms. The van der Waals surface area contributed by atoms with E-state index in [1.54, 1.807) is 11.3 Å². The number of carbonyl (C=O) groups excluding carboxylic acids is 1. The van der Waals surface area contributed by atoms with Crippen molar-refractivity contribution in [3.63, 3.8) is 0 Å². The van der Waals surface area contributed by atoms with E-state index in [0.717, 1.165) is 16.1 Å². The number of aromatic nitrogens is 2. The van der Waals surface area contributed by atoms with Crippen molar-refractivity contribution in [3.05, 3.63) is 75.7 Å². The highest BCUT2D eigenvalue weighted by Gasteiger charge is 2.24. The van der Waals surface area contributed by atoms with Crippen molar-refractivity contribution in [1.29, 1.82) is 0 Å². The van der Waals surface area contributed by atoms with Gasteiger partial charge in [0.2, 0.25) is 5.91 Å². The zero-order chi connectivity index (χ0) is 17.2. The Morgan fingerprint density at radius 2 is 2.04 bits per heavy atom. The van der Waals surface area contributed by atoms with E-state index in [1.165, 1.54) is 0 Å². The van der Waals surface area contributed by atoms with Crippen LogP contribution in [0.5, 0.6) is 0 Å². The van der Waals surface area contributed by atoms with Crippen molar-refractivity contribution >= 4 is 17.2 Å². The van der Waals surface area contributed by atoms with Gasteiger partial charge in [0.1, 0.15) is 6.10 Å². The molecule has 25 heavy (non-hydrogen) atoms. The molecule has 128 valence electrons. The Bertz CT molecular complexity index is 858. The molecule has 3 heterocycles. The first-order valence-electron chi connectivity index (χ1n) is 8.30. The van der Waals surface area contributed by atoms with Crippen molar-refractivity contribution in [2.45, 2.75) is 25.6 Å². The van der Waals surface area contributed by atoms with Gasteiger partial charge in [-0.25, -0.2) is 0 Å². The third kappa shape index (κ3) is 3.36. The highest BCUT2D eigenvalue weighted by Crippen LogP contribution is 2.24. The topological polar surface area (TPSA) is 58.4 Å². The van der Waals surface area contributed by atoms with Crippen LogP contribution in [0.15, 0.2) is 53.9 Å². The van der Waals surface area contributed by atoms with Crippen LogP contribution in [0.4, 0.5) is 0 Å². The lowest BCUT2D eigenvalue weighted by molar-refractivity contribution is -0.131. The van der Waals surface area contributed by atoms with Gasteiger partial charge in [-0.15, -0.1) is 11.3 Å². The standard InChI is InChI=1S/C19H19N3O2S/c23-18(12-16-7-4-10-25-16)21-8-9-22-15(13-21)11-17(20-22)19(24)14-5-2-1-3-6-14/h1-7,10-11,19,24H,8-9,12-13H2. The normalized spacial score (nSPS) is 15.0. The van der Waals surface area contributed by atoms with Crippen LogP contribution in [0.1, 0.15) is 27.9 Å². The molecule has 0 bridgehead atoms. The van der Waals surface area contributed by atoms with Gasteiger partial charge in [-0.1, -0.05) is 36.4 Å². The molecule has 1 N–H and O–H groups in total. The number of fused-ring (bicyclic) bond motifs is 1. The summed E-state index contributed by atoms with van der Waals surface area (Å²) < 4.78 is 1.90. The van der Waals surface area contributed by atoms with Crippen LogP contribution in [0.2, 0.25) is 0 Å². The molecule has 0 radical (unpaired) electrons. The van der Waals surface area contributed by atoms with Crippen molar-refractivity contribution < 1.29 is 9.90 Å². The summed E-state index contributed by atoms with van der Waals surface area (Å²) in [5, 5.41) is 17.1. The number of carbonyl (C=O) groups is 1. The zero-order valence-corrected chi connectivity index (χ0v) is 14.5. The minimum absolute atomic E-state index is 0.139. The summed E-state index contributed by atoms with van der Waals surface area (Å²) in [5.74, 6) is 0.139. The van der Waals surface area contributed by atoms with Crippen LogP contribution in [-0.2, 0) is 24.3 Å². The number of thiophene rings is 1. The smallest absolute Gasteiger partial charge is 0.228 e. The number of aliphatic hydroxyl groups is 1. The summed E-state index contributed by atoms with van der Waals surface area (Å²) in [4.78, 5) is 15.4. The van der Waals surface area contributed by atoms with E-state index >= 15 is 0 Å². The SMILES string of the molecule is O=C(Cc1cccs1)N1CCn2nc(C(O)c3ccccc3)cc2C1. The first-order valence-corrected chi connectivity index (χ1v) is 9.18. The molecule has 1 aliphatic heterocycles. The molecule has 0 aliphatic carbocycles. The molecule has 4 rings (SSSR count). The van der Waals surface area contributed by atoms with Gasteiger partial charge in [0, 0.05) is 11.4 Å². The third-order valence-corrected chi connectivity index (χ3v) is 5.35. The average molecular weight is 353 g/mol. The van der Waals surface area contributed by atoms with E-state index in [1.807, 2.05) is 63.5 Å². The Kier molecular flexibility index (Phi) is 4.38. The predicted molar refractivity (Wildman–Crippen MR) is 96.2 cm³/mol. The summed E-state index contributed by atoms with van der Waals surface area (Å²) in [6.07, 6.45) is -0.291. The molecule has 0 fully saturated rings. The van der Waals surface area contributed by atoms with Crippen molar-refractivity contribution in [3.8, 4) is 0 Å². The summed E-state index contributed by atoms with van der Waals surface area (Å²) in [7, 11) is 0. The number of nitrogens with zero attached hydrogens (tertiary/aromatic N) is 3. The molecule has 2 aromatic heterocycles. The van der Waals surface area contributed by atoms with Crippen LogP contribution in [-0.4, -0.2) is 32.2 Å². The van der Waals surface area contributed by atoms with Gasteiger partial charge in [0.05, 0.1) is 30.9 Å². The van der Waals surface area contributed by atoms with E-state index in [4.69, 9.17) is 0 Å². The van der Waals surface area contributed by atoms with E-state index < -0.39 is 6.10 Å². The fraction of sp³-hybridized carbons (Fsp3) is 0.263. The van der Waals surface area contributed by atoms with Gasteiger partial charge in [-0.05, 0) is 23.1 Å². The molecule has 1 aromatic carbocycles. The molecule has 3 aromatic rings. The van der Waals surface area contributed by atoms with Crippen molar-refractivity contribution in [1.82, 2.24) is 14.7 Å². The van der Waals surface area contributed by atoms with E-state index in [9.17, 15) is 9.90 Å². The van der Waals surface area contributed by atoms with Crippen LogP contribution in [0.3, 0.4) is 0 Å². The second kappa shape index (κ2) is 6.82. The molecule has 0 spiro atoms. The summed E-state index contributed by atoms with van der Waals surface area (Å²) in [5.41, 5.74) is 2.42. The van der Waals surface area contributed by atoms with Gasteiger partial charge in [-0.2, -0.15) is 5.10 Å². The van der Waals surface area contributed by atoms with E-state index in [-0.39, 0.29) is 5.91 Å². The summed E-state index contributed by atoms with van der Waals surface area (Å²) in [6, 6.07) is 15.4. The quantitative estimate of drug-likeness (QED) is 0.784. The Morgan fingerprint density at radius 3 is 2.80 bits per heavy atom. The lowest BCUT2D eigenvalue weighted by atomic mass is 10.1. The van der Waals surface area contributed by atoms with Crippen LogP contribution < -0.4 is 0 Å². The largest absolute Gasteiger partial charge is 0.382 e. The van der Waals surface area contributed by atoms with E-state index in [2.05, 4.69) is 5.10 Å². The molecule has 5 nitrogen and oxygen atoms in total. The van der Waals surface area contributed by atoms with Gasteiger partial charge in [-0.3, -0.25) is 9.48 Å². The number of amides is 1. The number of rotatable bonds is 4. The second-order valence-corrected chi connectivity index (χ2v) is 7.20.